The first-order valence-corrected chi connectivity index (χ1v) is 9.96. The zero-order chi connectivity index (χ0) is 19.7. The van der Waals surface area contributed by atoms with Crippen molar-refractivity contribution in [1.82, 2.24) is 20.5 Å². The summed E-state index contributed by atoms with van der Waals surface area (Å²) in [7, 11) is 0. The van der Waals surface area contributed by atoms with E-state index in [4.69, 9.17) is 4.98 Å². The number of nitrogens with one attached hydrogen (secondary N) is 2. The monoisotopic (exact) mass is 376 g/mol. The molecule has 3 aromatic rings. The van der Waals surface area contributed by atoms with E-state index in [1.807, 2.05) is 13.1 Å². The number of anilines is 2. The fourth-order valence-corrected chi connectivity index (χ4v) is 3.86. The van der Waals surface area contributed by atoms with Gasteiger partial charge >= 0.3 is 0 Å². The Kier molecular flexibility index (Phi) is 5.13. The third-order valence-corrected chi connectivity index (χ3v) is 5.74. The van der Waals surface area contributed by atoms with Crippen molar-refractivity contribution < 1.29 is 0 Å². The summed E-state index contributed by atoms with van der Waals surface area (Å²) in [4.78, 5) is 7.02. The minimum absolute atomic E-state index is 0.135. The van der Waals surface area contributed by atoms with E-state index in [0.717, 1.165) is 54.3 Å². The van der Waals surface area contributed by atoms with E-state index in [9.17, 15) is 0 Å². The number of piperazine rings is 1. The van der Waals surface area contributed by atoms with Gasteiger partial charge < -0.3 is 15.5 Å². The van der Waals surface area contributed by atoms with Crippen LogP contribution in [0.25, 0.3) is 10.8 Å². The number of nitrogens with zero attached hydrogens (tertiary/aromatic N) is 4. The van der Waals surface area contributed by atoms with Gasteiger partial charge in [-0.25, -0.2) is 4.98 Å². The van der Waals surface area contributed by atoms with Gasteiger partial charge in [0.25, 0.3) is 0 Å². The van der Waals surface area contributed by atoms with Gasteiger partial charge in [0.1, 0.15) is 5.82 Å². The molecule has 146 valence electrons. The fraction of sp³-hybridized carbons (Fsp3) is 0.409. The molecule has 0 unspecified atom stereocenters. The molecule has 1 fully saturated rings. The summed E-state index contributed by atoms with van der Waals surface area (Å²) in [6.07, 6.45) is 1.93. The lowest BCUT2D eigenvalue weighted by atomic mass is 9.98. The van der Waals surface area contributed by atoms with Crippen molar-refractivity contribution in [1.29, 1.82) is 0 Å². The van der Waals surface area contributed by atoms with Crippen LogP contribution in [0.4, 0.5) is 11.6 Å². The molecule has 0 aliphatic carbocycles. The Bertz CT molecular complexity index is 994. The predicted molar refractivity (Wildman–Crippen MR) is 115 cm³/mol. The summed E-state index contributed by atoms with van der Waals surface area (Å²) in [5, 5.41) is 18.0. The van der Waals surface area contributed by atoms with Gasteiger partial charge in [-0.05, 0) is 50.5 Å². The molecule has 3 heterocycles. The van der Waals surface area contributed by atoms with Crippen molar-refractivity contribution in [2.75, 3.05) is 36.4 Å². The smallest absolute Gasteiger partial charge is 0.157 e. The second-order valence-electron chi connectivity index (χ2n) is 7.61. The zero-order valence-corrected chi connectivity index (χ0v) is 17.1. The molecule has 0 amide bonds. The number of hydrogen-bond donors (Lipinski definition) is 2. The largest absolute Gasteiger partial charge is 0.362 e. The molecular weight excluding hydrogens is 348 g/mol. The van der Waals surface area contributed by atoms with Gasteiger partial charge in [-0.3, -0.25) is 0 Å². The summed E-state index contributed by atoms with van der Waals surface area (Å²) in [6.45, 7) is 12.4. The minimum Gasteiger partial charge on any atom is -0.362 e. The minimum atomic E-state index is 0.135. The van der Waals surface area contributed by atoms with Crippen molar-refractivity contribution in [3.05, 3.63) is 52.8 Å². The second-order valence-corrected chi connectivity index (χ2v) is 7.61. The Morgan fingerprint density at radius 2 is 1.86 bits per heavy atom. The normalized spacial score (nSPS) is 15.6. The zero-order valence-electron chi connectivity index (χ0n) is 17.1. The van der Waals surface area contributed by atoms with E-state index >= 15 is 0 Å². The second kappa shape index (κ2) is 7.72. The van der Waals surface area contributed by atoms with Crippen LogP contribution in [-0.2, 0) is 0 Å². The average Bonchev–Trinajstić information content (AvgIpc) is 2.72. The van der Waals surface area contributed by atoms with Crippen molar-refractivity contribution in [2.24, 2.45) is 0 Å². The van der Waals surface area contributed by atoms with Crippen LogP contribution in [-0.4, -0.2) is 41.4 Å². The van der Waals surface area contributed by atoms with Crippen LogP contribution >= 0.6 is 0 Å². The number of rotatable bonds is 4. The molecule has 28 heavy (non-hydrogen) atoms. The van der Waals surface area contributed by atoms with Crippen molar-refractivity contribution >= 4 is 22.4 Å². The fourth-order valence-electron chi connectivity index (χ4n) is 3.86. The molecule has 0 saturated carbocycles. The van der Waals surface area contributed by atoms with Gasteiger partial charge in [0, 0.05) is 43.1 Å². The maximum atomic E-state index is 4.70. The lowest BCUT2D eigenvalue weighted by Crippen LogP contribution is -2.43. The lowest BCUT2D eigenvalue weighted by molar-refractivity contribution is 0.585. The molecule has 0 radical (unpaired) electrons. The van der Waals surface area contributed by atoms with E-state index in [0.29, 0.717) is 0 Å². The van der Waals surface area contributed by atoms with Crippen LogP contribution in [0.5, 0.6) is 0 Å². The average molecular weight is 377 g/mol. The maximum Gasteiger partial charge on any atom is 0.157 e. The van der Waals surface area contributed by atoms with Crippen molar-refractivity contribution in [3.8, 4) is 0 Å². The van der Waals surface area contributed by atoms with Crippen molar-refractivity contribution in [3.63, 3.8) is 0 Å². The first-order chi connectivity index (χ1) is 13.5. The number of fused-ring (bicyclic) bond motifs is 1. The Labute approximate surface area is 166 Å². The first-order valence-electron chi connectivity index (χ1n) is 9.96. The third-order valence-electron chi connectivity index (χ3n) is 5.74. The maximum absolute atomic E-state index is 4.70. The molecule has 0 spiro atoms. The topological polar surface area (TPSA) is 66.0 Å². The number of benzene rings is 1. The summed E-state index contributed by atoms with van der Waals surface area (Å²) in [6, 6.07) is 8.73. The van der Waals surface area contributed by atoms with E-state index in [1.165, 1.54) is 16.7 Å². The Morgan fingerprint density at radius 1 is 1.07 bits per heavy atom. The molecule has 0 bridgehead atoms. The summed E-state index contributed by atoms with van der Waals surface area (Å²) in [5.74, 6) is 1.82. The molecule has 1 aliphatic heterocycles. The molecule has 1 aromatic carbocycles. The van der Waals surface area contributed by atoms with Gasteiger partial charge in [-0.1, -0.05) is 18.2 Å². The van der Waals surface area contributed by atoms with E-state index in [-0.39, 0.29) is 6.04 Å². The highest BCUT2D eigenvalue weighted by Crippen LogP contribution is 2.30. The predicted octanol–water partition coefficient (Wildman–Crippen LogP) is 3.53. The van der Waals surface area contributed by atoms with Gasteiger partial charge in [0.2, 0.25) is 0 Å². The SMILES string of the molecule is Cc1cccc([C@@H](C)Nc2nnc(C)c3cnc(N4CCNCC4)cc23)c1C. The quantitative estimate of drug-likeness (QED) is 0.726. The molecule has 1 aliphatic rings. The number of pyridine rings is 1. The molecule has 6 heteroatoms. The van der Waals surface area contributed by atoms with Crippen LogP contribution in [0.15, 0.2) is 30.5 Å². The molecule has 1 saturated heterocycles. The van der Waals surface area contributed by atoms with E-state index < -0.39 is 0 Å². The summed E-state index contributed by atoms with van der Waals surface area (Å²) >= 11 is 0. The van der Waals surface area contributed by atoms with Crippen LogP contribution < -0.4 is 15.5 Å². The van der Waals surface area contributed by atoms with Gasteiger partial charge in [-0.2, -0.15) is 5.10 Å². The highest BCUT2D eigenvalue weighted by atomic mass is 15.2. The van der Waals surface area contributed by atoms with Crippen LogP contribution in [0.2, 0.25) is 0 Å². The van der Waals surface area contributed by atoms with E-state index in [2.05, 4.69) is 70.8 Å². The third kappa shape index (κ3) is 3.52. The first kappa shape index (κ1) is 18.6. The molecule has 6 nitrogen and oxygen atoms in total. The van der Waals surface area contributed by atoms with Gasteiger partial charge in [0.15, 0.2) is 5.82 Å². The summed E-state index contributed by atoms with van der Waals surface area (Å²) in [5.41, 5.74) is 4.80. The molecule has 1 atom stereocenters. The molecule has 2 aromatic heterocycles. The number of hydrogen-bond acceptors (Lipinski definition) is 6. The molecule has 2 N–H and O–H groups in total. The Morgan fingerprint density at radius 3 is 2.64 bits per heavy atom. The Balaban J connectivity index is 1.71. The van der Waals surface area contributed by atoms with Crippen LogP contribution in [0.3, 0.4) is 0 Å². The summed E-state index contributed by atoms with van der Waals surface area (Å²) < 4.78 is 0. The molecular formula is C22H28N6. The van der Waals surface area contributed by atoms with E-state index in [1.54, 1.807) is 0 Å². The van der Waals surface area contributed by atoms with Gasteiger partial charge in [-0.15, -0.1) is 5.10 Å². The van der Waals surface area contributed by atoms with Crippen LogP contribution in [0, 0.1) is 20.8 Å². The lowest BCUT2D eigenvalue weighted by Gasteiger charge is -2.28. The van der Waals surface area contributed by atoms with Crippen LogP contribution in [0.1, 0.15) is 35.3 Å². The van der Waals surface area contributed by atoms with Crippen molar-refractivity contribution in [2.45, 2.75) is 33.7 Å². The number of aryl methyl sites for hydroxylation is 2. The van der Waals surface area contributed by atoms with Gasteiger partial charge in [0.05, 0.1) is 11.7 Å². The highest BCUT2D eigenvalue weighted by Gasteiger charge is 2.17. The number of aromatic nitrogens is 3. The Hall–Kier alpha value is -2.73. The standard InChI is InChI=1S/C22H28N6/c1-14-6-5-7-18(15(14)2)16(3)25-22-19-12-21(28-10-8-23-9-11-28)24-13-20(19)17(4)26-27-22/h5-7,12-13,16,23H,8-11H2,1-4H3,(H,25,27)/t16-/m1/s1. The highest BCUT2D eigenvalue weighted by molar-refractivity contribution is 5.94. The molecule has 4 rings (SSSR count).